The summed E-state index contributed by atoms with van der Waals surface area (Å²) in [4.78, 5) is 72.9. The largest absolute Gasteiger partial charge is 0.472 e. The Labute approximate surface area is 613 Å². The van der Waals surface area contributed by atoms with Gasteiger partial charge in [0, 0.05) is 25.7 Å². The van der Waals surface area contributed by atoms with Crippen LogP contribution in [-0.4, -0.2) is 96.7 Å². The van der Waals surface area contributed by atoms with Gasteiger partial charge in [0.25, 0.3) is 0 Å². The molecule has 3 N–H and O–H groups in total. The molecule has 17 nitrogen and oxygen atoms in total. The van der Waals surface area contributed by atoms with Crippen molar-refractivity contribution in [3.05, 3.63) is 0 Å². The van der Waals surface area contributed by atoms with Crippen molar-refractivity contribution in [2.24, 2.45) is 5.92 Å². The molecule has 0 aliphatic carbocycles. The quantitative estimate of drug-likeness (QED) is 0.0222. The highest BCUT2D eigenvalue weighted by Crippen LogP contribution is 2.45. The molecular weight excluding hydrogens is 1310 g/mol. The summed E-state index contributed by atoms with van der Waals surface area (Å²) in [7, 11) is -9.91. The van der Waals surface area contributed by atoms with Crippen LogP contribution in [0.25, 0.3) is 0 Å². The summed E-state index contributed by atoms with van der Waals surface area (Å²) in [6.07, 6.45) is 65.5. The molecule has 0 saturated heterocycles. The van der Waals surface area contributed by atoms with Gasteiger partial charge in [0.2, 0.25) is 0 Å². The van der Waals surface area contributed by atoms with E-state index in [0.29, 0.717) is 25.7 Å². The molecule has 0 radical (unpaired) electrons. The molecule has 5 atom stereocenters. The van der Waals surface area contributed by atoms with E-state index >= 15 is 0 Å². The van der Waals surface area contributed by atoms with E-state index in [1.54, 1.807) is 0 Å². The van der Waals surface area contributed by atoms with Gasteiger partial charge in [0.15, 0.2) is 12.2 Å². The number of carbonyl (C=O) groups is 4. The van der Waals surface area contributed by atoms with Crippen LogP contribution in [0.4, 0.5) is 0 Å². The second-order valence-corrected chi connectivity index (χ2v) is 32.5. The summed E-state index contributed by atoms with van der Waals surface area (Å²) in [5.74, 6) is -1.32. The minimum absolute atomic E-state index is 0.108. The van der Waals surface area contributed by atoms with Crippen molar-refractivity contribution in [2.45, 2.75) is 451 Å². The van der Waals surface area contributed by atoms with Crippen molar-refractivity contribution >= 4 is 39.5 Å². The maximum atomic E-state index is 13.1. The highest BCUT2D eigenvalue weighted by Gasteiger charge is 2.30. The molecular formula is C81H158O17P2. The van der Waals surface area contributed by atoms with Crippen LogP contribution < -0.4 is 0 Å². The fourth-order valence-corrected chi connectivity index (χ4v) is 14.2. The molecule has 0 aromatic heterocycles. The fourth-order valence-electron chi connectivity index (χ4n) is 12.6. The molecule has 0 spiro atoms. The highest BCUT2D eigenvalue weighted by atomic mass is 31.2. The Morgan fingerprint density at radius 1 is 0.270 bits per heavy atom. The SMILES string of the molecule is CCCCCCCCCCCCCCCCCCCCCCCCC(=O)O[C@H](COC(=O)CCCCCCCCCCCCCCCC(C)C)COP(=O)(O)OC[C@@H](O)COP(=O)(O)OC[C@@H](COC(=O)CCCCCCCCC)OC(=O)CCCCCCCCCCCCCCCCC. The van der Waals surface area contributed by atoms with Crippen LogP contribution in [0.5, 0.6) is 0 Å². The van der Waals surface area contributed by atoms with Gasteiger partial charge in [-0.1, -0.05) is 381 Å². The summed E-state index contributed by atoms with van der Waals surface area (Å²) >= 11 is 0. The third-order valence-electron chi connectivity index (χ3n) is 19.0. The Bertz CT molecular complexity index is 1910. The van der Waals surface area contributed by atoms with E-state index in [1.807, 2.05) is 0 Å². The number of aliphatic hydroxyl groups is 1. The number of carbonyl (C=O) groups excluding carboxylic acids is 4. The summed E-state index contributed by atoms with van der Waals surface area (Å²) in [5.41, 5.74) is 0. The second kappa shape index (κ2) is 73.9. The van der Waals surface area contributed by atoms with Crippen LogP contribution in [0.3, 0.4) is 0 Å². The maximum absolute atomic E-state index is 13.1. The molecule has 0 fully saturated rings. The van der Waals surface area contributed by atoms with Gasteiger partial charge in [0.05, 0.1) is 26.4 Å². The zero-order valence-electron chi connectivity index (χ0n) is 65.3. The van der Waals surface area contributed by atoms with E-state index in [9.17, 15) is 43.2 Å². The molecule has 0 bridgehead atoms. The van der Waals surface area contributed by atoms with Crippen molar-refractivity contribution < 1.29 is 80.2 Å². The third-order valence-corrected chi connectivity index (χ3v) is 20.9. The van der Waals surface area contributed by atoms with Crippen molar-refractivity contribution in [3.8, 4) is 0 Å². The zero-order valence-corrected chi connectivity index (χ0v) is 67.1. The Morgan fingerprint density at radius 3 is 0.680 bits per heavy atom. The predicted molar refractivity (Wildman–Crippen MR) is 409 cm³/mol. The second-order valence-electron chi connectivity index (χ2n) is 29.6. The molecule has 0 aliphatic heterocycles. The summed E-state index contributed by atoms with van der Waals surface area (Å²) in [6.45, 7) is 7.31. The topological polar surface area (TPSA) is 237 Å². The zero-order chi connectivity index (χ0) is 73.4. The Kier molecular flexibility index (Phi) is 72.5. The van der Waals surface area contributed by atoms with Gasteiger partial charge < -0.3 is 33.8 Å². The maximum Gasteiger partial charge on any atom is 0.472 e. The molecule has 0 rings (SSSR count). The average Bonchev–Trinajstić information content (AvgIpc) is 0.927. The van der Waals surface area contributed by atoms with E-state index in [-0.39, 0.29) is 25.7 Å². The number of esters is 4. The molecule has 0 heterocycles. The van der Waals surface area contributed by atoms with Crippen LogP contribution >= 0.6 is 15.6 Å². The lowest BCUT2D eigenvalue weighted by atomic mass is 10.0. The molecule has 0 saturated carbocycles. The molecule has 19 heteroatoms. The monoisotopic (exact) mass is 1470 g/mol. The van der Waals surface area contributed by atoms with Crippen molar-refractivity contribution in [3.63, 3.8) is 0 Å². The molecule has 0 aromatic rings. The first-order valence-electron chi connectivity index (χ1n) is 42.1. The molecule has 100 heavy (non-hydrogen) atoms. The first-order valence-corrected chi connectivity index (χ1v) is 45.1. The van der Waals surface area contributed by atoms with Crippen LogP contribution in [-0.2, 0) is 65.4 Å². The number of hydrogen-bond donors (Lipinski definition) is 3. The molecule has 0 aromatic carbocycles. The van der Waals surface area contributed by atoms with Crippen molar-refractivity contribution in [2.75, 3.05) is 39.6 Å². The number of unbranched alkanes of at least 4 members (excludes halogenated alkanes) is 53. The number of aliphatic hydroxyl groups excluding tert-OH is 1. The van der Waals surface area contributed by atoms with Crippen LogP contribution in [0.2, 0.25) is 0 Å². The molecule has 0 amide bonds. The fraction of sp³-hybridized carbons (Fsp3) is 0.951. The Morgan fingerprint density at radius 2 is 0.460 bits per heavy atom. The Balaban J connectivity index is 5.16. The van der Waals surface area contributed by atoms with Gasteiger partial charge in [-0.15, -0.1) is 0 Å². The van der Waals surface area contributed by atoms with Crippen LogP contribution in [0, 0.1) is 5.92 Å². The minimum Gasteiger partial charge on any atom is -0.462 e. The molecule has 0 aliphatic rings. The molecule has 594 valence electrons. The number of ether oxygens (including phenoxy) is 4. The van der Waals surface area contributed by atoms with Crippen LogP contribution in [0.1, 0.15) is 433 Å². The molecule has 2 unspecified atom stereocenters. The standard InChI is InChI=1S/C81H158O17P2/c1-6-9-12-15-18-20-22-24-26-27-28-29-30-31-32-34-38-43-47-52-57-62-67-81(86)98-77(71-92-79(84)65-60-55-50-45-41-39-35-36-40-44-49-53-58-63-74(4)5)73-96-100(89,90)94-69-75(82)68-93-99(87,88)95-72-76(70-91-78(83)64-59-54-48-17-14-11-8-3)97-80(85)66-61-56-51-46-42-37-33-25-23-21-19-16-13-10-7-2/h74-77,82H,6-73H2,1-5H3,(H,87,88)(H,89,90)/t75-,76+,77+/m0/s1. The lowest BCUT2D eigenvalue weighted by Gasteiger charge is -2.21. The number of phosphoric ester groups is 2. The van der Waals surface area contributed by atoms with E-state index in [2.05, 4.69) is 34.6 Å². The van der Waals surface area contributed by atoms with Gasteiger partial charge in [-0.05, 0) is 31.6 Å². The summed E-state index contributed by atoms with van der Waals surface area (Å²) in [6, 6.07) is 0. The minimum atomic E-state index is -4.96. The average molecular weight is 1470 g/mol. The summed E-state index contributed by atoms with van der Waals surface area (Å²) in [5, 5.41) is 10.6. The van der Waals surface area contributed by atoms with Gasteiger partial charge in [-0.25, -0.2) is 9.13 Å². The van der Waals surface area contributed by atoms with Gasteiger partial charge >= 0.3 is 39.5 Å². The van der Waals surface area contributed by atoms with Crippen LogP contribution in [0.15, 0.2) is 0 Å². The predicted octanol–water partition coefficient (Wildman–Crippen LogP) is 24.4. The van der Waals surface area contributed by atoms with E-state index in [1.165, 1.54) is 244 Å². The summed E-state index contributed by atoms with van der Waals surface area (Å²) < 4.78 is 68.6. The first-order chi connectivity index (χ1) is 48.5. The van der Waals surface area contributed by atoms with Gasteiger partial charge in [-0.3, -0.25) is 37.3 Å². The van der Waals surface area contributed by atoms with Gasteiger partial charge in [-0.2, -0.15) is 0 Å². The third kappa shape index (κ3) is 74.3. The van der Waals surface area contributed by atoms with Crippen molar-refractivity contribution in [1.82, 2.24) is 0 Å². The first kappa shape index (κ1) is 98.1. The normalized spacial score (nSPS) is 13.8. The van der Waals surface area contributed by atoms with E-state index in [0.717, 1.165) is 109 Å². The number of hydrogen-bond acceptors (Lipinski definition) is 15. The van der Waals surface area contributed by atoms with E-state index in [4.69, 9.17) is 37.0 Å². The highest BCUT2D eigenvalue weighted by molar-refractivity contribution is 7.47. The lowest BCUT2D eigenvalue weighted by molar-refractivity contribution is -0.161. The van der Waals surface area contributed by atoms with E-state index < -0.39 is 97.5 Å². The van der Waals surface area contributed by atoms with Crippen molar-refractivity contribution in [1.29, 1.82) is 0 Å². The smallest absolute Gasteiger partial charge is 0.462 e. The number of rotatable bonds is 81. The van der Waals surface area contributed by atoms with Gasteiger partial charge in [0.1, 0.15) is 19.3 Å². The lowest BCUT2D eigenvalue weighted by Crippen LogP contribution is -2.30. The number of phosphoric acid groups is 2. The Hall–Kier alpha value is -1.94.